The number of nitrogens with one attached hydrogen (secondary N) is 3. The van der Waals surface area contributed by atoms with Gasteiger partial charge in [-0.3, -0.25) is 5.10 Å². The van der Waals surface area contributed by atoms with E-state index in [1.165, 1.54) is 0 Å². The Balaban J connectivity index is 2.84. The lowest BCUT2D eigenvalue weighted by atomic mass is 10.1. The highest BCUT2D eigenvalue weighted by atomic mass is 32.2. The van der Waals surface area contributed by atoms with E-state index in [2.05, 4.69) is 34.1 Å². The molecule has 0 radical (unpaired) electrons. The van der Waals surface area contributed by atoms with Crippen LogP contribution in [0.1, 0.15) is 38.6 Å². The van der Waals surface area contributed by atoms with Gasteiger partial charge in [0.2, 0.25) is 10.0 Å². The topological polar surface area (TPSA) is 86.9 Å². The van der Waals surface area contributed by atoms with E-state index >= 15 is 0 Å². The van der Waals surface area contributed by atoms with Crippen LogP contribution in [0, 0.1) is 12.8 Å². The average Bonchev–Trinajstić information content (AvgIpc) is 2.67. The Morgan fingerprint density at radius 3 is 2.63 bits per heavy atom. The molecule has 0 bridgehead atoms. The Kier molecular flexibility index (Phi) is 5.96. The summed E-state index contributed by atoms with van der Waals surface area (Å²) in [5.41, 5.74) is 1.11. The van der Waals surface area contributed by atoms with E-state index in [-0.39, 0.29) is 4.90 Å². The molecule has 0 aliphatic rings. The minimum atomic E-state index is -3.49. The molecule has 1 heterocycles. The zero-order valence-corrected chi connectivity index (χ0v) is 12.9. The lowest BCUT2D eigenvalue weighted by Gasteiger charge is -2.09. The summed E-state index contributed by atoms with van der Waals surface area (Å²) in [5, 5.41) is 9.89. The van der Waals surface area contributed by atoms with Crippen LogP contribution in [0.3, 0.4) is 0 Å². The normalized spacial score (nSPS) is 12.3. The van der Waals surface area contributed by atoms with Crippen LogP contribution in [-0.4, -0.2) is 31.7 Å². The fourth-order valence-corrected chi connectivity index (χ4v) is 3.15. The minimum absolute atomic E-state index is 0.275. The highest BCUT2D eigenvalue weighted by Crippen LogP contribution is 2.17. The highest BCUT2D eigenvalue weighted by Gasteiger charge is 2.23. The van der Waals surface area contributed by atoms with E-state index in [4.69, 9.17) is 0 Å². The first-order valence-corrected chi connectivity index (χ1v) is 8.11. The maximum absolute atomic E-state index is 12.3. The predicted molar refractivity (Wildman–Crippen MR) is 75.3 cm³/mol. The maximum Gasteiger partial charge on any atom is 0.244 e. The van der Waals surface area contributed by atoms with Crippen molar-refractivity contribution in [2.75, 3.05) is 13.1 Å². The first kappa shape index (κ1) is 16.1. The molecular weight excluding hydrogens is 264 g/mol. The van der Waals surface area contributed by atoms with E-state index in [1.54, 1.807) is 6.92 Å². The molecule has 0 saturated heterocycles. The first-order chi connectivity index (χ1) is 8.88. The van der Waals surface area contributed by atoms with Crippen molar-refractivity contribution in [2.45, 2.75) is 45.6 Å². The molecule has 0 aliphatic carbocycles. The number of nitrogens with zero attached hydrogens (tertiary/aromatic N) is 1. The summed E-state index contributed by atoms with van der Waals surface area (Å²) in [6, 6.07) is 0. The summed E-state index contributed by atoms with van der Waals surface area (Å²) >= 11 is 0. The van der Waals surface area contributed by atoms with Crippen molar-refractivity contribution in [2.24, 2.45) is 5.92 Å². The third-order valence-electron chi connectivity index (χ3n) is 2.79. The molecule has 0 unspecified atom stereocenters. The molecule has 7 heteroatoms. The van der Waals surface area contributed by atoms with Gasteiger partial charge in [-0.1, -0.05) is 20.8 Å². The van der Waals surface area contributed by atoms with Crippen molar-refractivity contribution >= 4 is 10.0 Å². The van der Waals surface area contributed by atoms with Gasteiger partial charge in [0.15, 0.2) is 0 Å². The molecule has 19 heavy (non-hydrogen) atoms. The summed E-state index contributed by atoms with van der Waals surface area (Å²) in [6.45, 7) is 9.48. The van der Waals surface area contributed by atoms with Crippen molar-refractivity contribution in [1.82, 2.24) is 20.2 Å². The number of rotatable bonds is 8. The zero-order chi connectivity index (χ0) is 14.5. The molecule has 0 saturated carbocycles. The number of aryl methyl sites for hydroxylation is 1. The van der Waals surface area contributed by atoms with Crippen LogP contribution in [0.15, 0.2) is 4.90 Å². The van der Waals surface area contributed by atoms with Gasteiger partial charge < -0.3 is 5.32 Å². The van der Waals surface area contributed by atoms with E-state index in [9.17, 15) is 8.42 Å². The largest absolute Gasteiger partial charge is 0.311 e. The van der Waals surface area contributed by atoms with Gasteiger partial charge in [0.05, 0.1) is 11.4 Å². The molecule has 0 amide bonds. The molecule has 1 aromatic rings. The lowest BCUT2D eigenvalue weighted by molar-refractivity contribution is 0.550. The summed E-state index contributed by atoms with van der Waals surface area (Å²) in [5.74, 6) is 0.467. The average molecular weight is 288 g/mol. The molecule has 0 spiro atoms. The van der Waals surface area contributed by atoms with Gasteiger partial charge in [0.25, 0.3) is 0 Å². The Labute approximate surface area is 115 Å². The Bertz CT molecular complexity index is 494. The molecule has 1 rings (SSSR count). The third kappa shape index (κ3) is 4.59. The lowest BCUT2D eigenvalue weighted by Crippen LogP contribution is -2.27. The van der Waals surface area contributed by atoms with Gasteiger partial charge in [-0.15, -0.1) is 0 Å². The molecule has 0 aliphatic heterocycles. The molecule has 0 aromatic carbocycles. The van der Waals surface area contributed by atoms with Gasteiger partial charge >= 0.3 is 0 Å². The van der Waals surface area contributed by atoms with Gasteiger partial charge in [-0.2, -0.15) is 5.10 Å². The predicted octanol–water partition coefficient (Wildman–Crippen LogP) is 1.15. The Morgan fingerprint density at radius 1 is 1.37 bits per heavy atom. The van der Waals surface area contributed by atoms with Crippen molar-refractivity contribution in [3.05, 3.63) is 11.4 Å². The molecule has 0 fully saturated rings. The highest BCUT2D eigenvalue weighted by molar-refractivity contribution is 7.89. The van der Waals surface area contributed by atoms with Crippen molar-refractivity contribution < 1.29 is 8.42 Å². The van der Waals surface area contributed by atoms with Crippen LogP contribution >= 0.6 is 0 Å². The molecule has 110 valence electrons. The Morgan fingerprint density at radius 2 is 2.05 bits per heavy atom. The molecule has 1 aromatic heterocycles. The van der Waals surface area contributed by atoms with Crippen LogP contribution in [0.2, 0.25) is 0 Å². The molecular formula is C12H24N4O2S. The standard InChI is InChI=1S/C12H24N4O2S/c1-5-13-8-11-12(10(4)15-16-11)19(17,18)14-7-6-9(2)3/h9,13-14H,5-8H2,1-4H3,(H,15,16). The maximum atomic E-state index is 12.3. The Hall–Kier alpha value is -0.920. The van der Waals surface area contributed by atoms with Crippen LogP contribution in [0.4, 0.5) is 0 Å². The second-order valence-electron chi connectivity index (χ2n) is 4.99. The summed E-state index contributed by atoms with van der Waals surface area (Å²) in [4.78, 5) is 0.275. The van der Waals surface area contributed by atoms with Gasteiger partial charge in [-0.25, -0.2) is 13.1 Å². The minimum Gasteiger partial charge on any atom is -0.311 e. The van der Waals surface area contributed by atoms with Crippen LogP contribution in [0.5, 0.6) is 0 Å². The number of aromatic nitrogens is 2. The van der Waals surface area contributed by atoms with Gasteiger partial charge in [0, 0.05) is 13.1 Å². The van der Waals surface area contributed by atoms with Crippen LogP contribution < -0.4 is 10.0 Å². The fourth-order valence-electron chi connectivity index (χ4n) is 1.74. The third-order valence-corrected chi connectivity index (χ3v) is 4.45. The van der Waals surface area contributed by atoms with Crippen LogP contribution in [-0.2, 0) is 16.6 Å². The monoisotopic (exact) mass is 288 g/mol. The quantitative estimate of drug-likeness (QED) is 0.670. The number of hydrogen-bond donors (Lipinski definition) is 3. The summed E-state index contributed by atoms with van der Waals surface area (Å²) < 4.78 is 27.2. The van der Waals surface area contributed by atoms with Crippen LogP contribution in [0.25, 0.3) is 0 Å². The van der Waals surface area contributed by atoms with Crippen molar-refractivity contribution in [1.29, 1.82) is 0 Å². The first-order valence-electron chi connectivity index (χ1n) is 6.62. The SMILES string of the molecule is CCNCc1n[nH]c(C)c1S(=O)(=O)NCCC(C)C. The van der Waals surface area contributed by atoms with Gasteiger partial charge in [0.1, 0.15) is 4.90 Å². The second kappa shape index (κ2) is 7.02. The second-order valence-corrected chi connectivity index (χ2v) is 6.69. The number of hydrogen-bond acceptors (Lipinski definition) is 4. The van der Waals surface area contributed by atoms with E-state index in [0.717, 1.165) is 13.0 Å². The fraction of sp³-hybridized carbons (Fsp3) is 0.750. The number of H-pyrrole nitrogens is 1. The van der Waals surface area contributed by atoms with E-state index < -0.39 is 10.0 Å². The number of aromatic amines is 1. The van der Waals surface area contributed by atoms with Crippen molar-refractivity contribution in [3.63, 3.8) is 0 Å². The number of sulfonamides is 1. The van der Waals surface area contributed by atoms with Crippen molar-refractivity contribution in [3.8, 4) is 0 Å². The van der Waals surface area contributed by atoms with Gasteiger partial charge in [-0.05, 0) is 25.8 Å². The summed E-state index contributed by atoms with van der Waals surface area (Å²) in [6.07, 6.45) is 0.818. The zero-order valence-electron chi connectivity index (χ0n) is 12.1. The molecule has 0 atom stereocenters. The van der Waals surface area contributed by atoms with E-state index in [0.29, 0.717) is 30.4 Å². The molecule has 3 N–H and O–H groups in total. The molecule has 6 nitrogen and oxygen atoms in total. The summed E-state index contributed by atoms with van der Waals surface area (Å²) in [7, 11) is -3.49. The van der Waals surface area contributed by atoms with E-state index in [1.807, 2.05) is 6.92 Å². The smallest absolute Gasteiger partial charge is 0.244 e.